The molecule has 0 spiro atoms. The van der Waals surface area contributed by atoms with E-state index in [-0.39, 0.29) is 5.88 Å². The smallest absolute Gasteiger partial charge is 0.138 e. The van der Waals surface area contributed by atoms with E-state index in [9.17, 15) is 0 Å². The predicted octanol–water partition coefficient (Wildman–Crippen LogP) is 2.90. The van der Waals surface area contributed by atoms with Gasteiger partial charge in [0.25, 0.3) is 0 Å². The van der Waals surface area contributed by atoms with E-state index in [4.69, 9.17) is 23.2 Å². The Kier molecular flexibility index (Phi) is 4.33. The van der Waals surface area contributed by atoms with Crippen LogP contribution < -0.4 is 4.90 Å². The molecule has 0 unspecified atom stereocenters. The number of hydrogen-bond acceptors (Lipinski definition) is 4. The van der Waals surface area contributed by atoms with Crippen LogP contribution >= 0.6 is 23.2 Å². The molecule has 4 nitrogen and oxygen atoms in total. The van der Waals surface area contributed by atoms with Gasteiger partial charge in [0.15, 0.2) is 0 Å². The molecular formula is C12H12Cl2N4. The van der Waals surface area contributed by atoms with Crippen molar-refractivity contribution in [3.05, 3.63) is 47.1 Å². The molecule has 0 radical (unpaired) electrons. The number of nitrogens with zero attached hydrogens (tertiary/aromatic N) is 4. The van der Waals surface area contributed by atoms with E-state index >= 15 is 0 Å². The van der Waals surface area contributed by atoms with Crippen molar-refractivity contribution in [2.75, 3.05) is 11.9 Å². The van der Waals surface area contributed by atoms with Crippen LogP contribution in [-0.4, -0.2) is 22.0 Å². The molecule has 0 aromatic carbocycles. The molecule has 0 saturated heterocycles. The van der Waals surface area contributed by atoms with E-state index < -0.39 is 0 Å². The average molecular weight is 283 g/mol. The number of pyridine rings is 1. The Morgan fingerprint density at radius 1 is 1.22 bits per heavy atom. The first kappa shape index (κ1) is 13.1. The van der Waals surface area contributed by atoms with E-state index in [0.29, 0.717) is 11.7 Å². The van der Waals surface area contributed by atoms with Gasteiger partial charge in [-0.05, 0) is 12.1 Å². The van der Waals surface area contributed by atoms with Crippen molar-refractivity contribution in [1.82, 2.24) is 15.0 Å². The molecule has 0 saturated carbocycles. The van der Waals surface area contributed by atoms with Crippen LogP contribution in [0.5, 0.6) is 0 Å². The van der Waals surface area contributed by atoms with Gasteiger partial charge in [0.05, 0.1) is 18.1 Å². The average Bonchev–Trinajstić information content (AvgIpc) is 2.39. The molecule has 94 valence electrons. The van der Waals surface area contributed by atoms with Crippen LogP contribution in [-0.2, 0) is 12.4 Å². The van der Waals surface area contributed by atoms with Gasteiger partial charge in [-0.25, -0.2) is 9.97 Å². The van der Waals surface area contributed by atoms with Gasteiger partial charge in [-0.1, -0.05) is 17.7 Å². The number of aromatic nitrogens is 3. The number of anilines is 1. The van der Waals surface area contributed by atoms with Crippen LogP contribution in [0.2, 0.25) is 5.15 Å². The molecule has 0 N–H and O–H groups in total. The summed E-state index contributed by atoms with van der Waals surface area (Å²) in [5.74, 6) is 1.01. The lowest BCUT2D eigenvalue weighted by molar-refractivity contribution is 0.853. The summed E-state index contributed by atoms with van der Waals surface area (Å²) < 4.78 is 0. The van der Waals surface area contributed by atoms with Crippen LogP contribution in [0.4, 0.5) is 5.82 Å². The topological polar surface area (TPSA) is 41.9 Å². The first-order valence-electron chi connectivity index (χ1n) is 5.38. The van der Waals surface area contributed by atoms with E-state index in [1.807, 2.05) is 30.1 Å². The minimum Gasteiger partial charge on any atom is -0.353 e. The first-order chi connectivity index (χ1) is 8.72. The lowest BCUT2D eigenvalue weighted by Crippen LogP contribution is -2.20. The van der Waals surface area contributed by atoms with Gasteiger partial charge in [-0.2, -0.15) is 0 Å². The Labute approximate surface area is 116 Å². The summed E-state index contributed by atoms with van der Waals surface area (Å²) >= 11 is 11.9. The lowest BCUT2D eigenvalue weighted by atomic mass is 10.3. The molecule has 0 aliphatic heterocycles. The molecule has 0 aliphatic carbocycles. The molecule has 6 heteroatoms. The first-order valence-corrected chi connectivity index (χ1v) is 6.30. The SMILES string of the molecule is CN(Cc1ccccn1)c1ncnc(Cl)c1CCl. The van der Waals surface area contributed by atoms with Crippen LogP contribution in [0.25, 0.3) is 0 Å². The van der Waals surface area contributed by atoms with Gasteiger partial charge < -0.3 is 4.90 Å². The maximum Gasteiger partial charge on any atom is 0.138 e. The monoisotopic (exact) mass is 282 g/mol. The highest BCUT2D eigenvalue weighted by atomic mass is 35.5. The highest BCUT2D eigenvalue weighted by Gasteiger charge is 2.13. The fourth-order valence-electron chi connectivity index (χ4n) is 1.64. The molecule has 0 amide bonds. The third-order valence-electron chi connectivity index (χ3n) is 2.49. The molecule has 18 heavy (non-hydrogen) atoms. The Hall–Kier alpha value is -1.39. The second-order valence-electron chi connectivity index (χ2n) is 3.78. The second kappa shape index (κ2) is 5.98. The zero-order valence-electron chi connectivity index (χ0n) is 9.85. The van der Waals surface area contributed by atoms with Crippen molar-refractivity contribution in [3.8, 4) is 0 Å². The van der Waals surface area contributed by atoms with Gasteiger partial charge in [-0.3, -0.25) is 4.98 Å². The van der Waals surface area contributed by atoms with Gasteiger partial charge in [0.1, 0.15) is 17.3 Å². The largest absolute Gasteiger partial charge is 0.353 e. The molecule has 0 bridgehead atoms. The second-order valence-corrected chi connectivity index (χ2v) is 4.40. The Balaban J connectivity index is 2.24. The number of rotatable bonds is 4. The Morgan fingerprint density at radius 3 is 2.72 bits per heavy atom. The highest BCUT2D eigenvalue weighted by molar-refractivity contribution is 6.31. The van der Waals surface area contributed by atoms with Crippen molar-refractivity contribution < 1.29 is 0 Å². The third kappa shape index (κ3) is 2.89. The molecule has 2 heterocycles. The summed E-state index contributed by atoms with van der Waals surface area (Å²) in [6, 6.07) is 5.79. The molecular weight excluding hydrogens is 271 g/mol. The highest BCUT2D eigenvalue weighted by Crippen LogP contribution is 2.24. The molecule has 0 aliphatic rings. The third-order valence-corrected chi connectivity index (χ3v) is 3.08. The normalized spacial score (nSPS) is 10.4. The molecule has 0 fully saturated rings. The standard InChI is InChI=1S/C12H12Cl2N4/c1-18(7-9-4-2-3-5-15-9)12-10(6-13)11(14)16-8-17-12/h2-5,8H,6-7H2,1H3. The van der Waals surface area contributed by atoms with Gasteiger partial charge in [-0.15, -0.1) is 11.6 Å². The summed E-state index contributed by atoms with van der Waals surface area (Å²) in [7, 11) is 1.92. The van der Waals surface area contributed by atoms with Crippen LogP contribution in [0.15, 0.2) is 30.7 Å². The minimum absolute atomic E-state index is 0.279. The molecule has 2 aromatic heterocycles. The van der Waals surface area contributed by atoms with E-state index in [1.165, 1.54) is 6.33 Å². The summed E-state index contributed by atoms with van der Waals surface area (Å²) in [5.41, 5.74) is 1.69. The molecule has 0 atom stereocenters. The number of hydrogen-bond donors (Lipinski definition) is 0. The van der Waals surface area contributed by atoms with E-state index in [2.05, 4.69) is 15.0 Å². The van der Waals surface area contributed by atoms with Crippen LogP contribution in [0.3, 0.4) is 0 Å². The van der Waals surface area contributed by atoms with Crippen molar-refractivity contribution in [1.29, 1.82) is 0 Å². The van der Waals surface area contributed by atoms with Crippen molar-refractivity contribution in [3.63, 3.8) is 0 Å². The summed E-state index contributed by atoms with van der Waals surface area (Å²) in [4.78, 5) is 14.4. The van der Waals surface area contributed by atoms with Crippen molar-refractivity contribution in [2.24, 2.45) is 0 Å². The quantitative estimate of drug-likeness (QED) is 0.639. The summed E-state index contributed by atoms with van der Waals surface area (Å²) in [6.07, 6.45) is 3.20. The van der Waals surface area contributed by atoms with Crippen molar-refractivity contribution >= 4 is 29.0 Å². The molecule has 2 rings (SSSR count). The fraction of sp³-hybridized carbons (Fsp3) is 0.250. The van der Waals surface area contributed by atoms with Crippen LogP contribution in [0, 0.1) is 0 Å². The zero-order chi connectivity index (χ0) is 13.0. The molecule has 2 aromatic rings. The van der Waals surface area contributed by atoms with Gasteiger partial charge in [0, 0.05) is 18.8 Å². The van der Waals surface area contributed by atoms with Crippen LogP contribution in [0.1, 0.15) is 11.3 Å². The zero-order valence-corrected chi connectivity index (χ0v) is 11.4. The minimum atomic E-state index is 0.279. The maximum absolute atomic E-state index is 6.00. The summed E-state index contributed by atoms with van der Waals surface area (Å²) in [5, 5.41) is 0.392. The Morgan fingerprint density at radius 2 is 2.06 bits per heavy atom. The summed E-state index contributed by atoms with van der Waals surface area (Å²) in [6.45, 7) is 0.637. The van der Waals surface area contributed by atoms with E-state index in [1.54, 1.807) is 6.20 Å². The predicted molar refractivity (Wildman–Crippen MR) is 72.9 cm³/mol. The Bertz CT molecular complexity index is 519. The number of alkyl halides is 1. The van der Waals surface area contributed by atoms with Crippen molar-refractivity contribution in [2.45, 2.75) is 12.4 Å². The lowest BCUT2D eigenvalue weighted by Gasteiger charge is -2.20. The maximum atomic E-state index is 6.00. The van der Waals surface area contributed by atoms with E-state index in [0.717, 1.165) is 17.1 Å². The number of halogens is 2. The van der Waals surface area contributed by atoms with Gasteiger partial charge >= 0.3 is 0 Å². The fourth-order valence-corrected chi connectivity index (χ4v) is 2.15. The van der Waals surface area contributed by atoms with Gasteiger partial charge in [0.2, 0.25) is 0 Å².